The van der Waals surface area contributed by atoms with Crippen LogP contribution >= 0.6 is 10.7 Å². The van der Waals surface area contributed by atoms with E-state index in [0.717, 1.165) is 12.1 Å². The van der Waals surface area contributed by atoms with Crippen LogP contribution < -0.4 is 5.32 Å². The van der Waals surface area contributed by atoms with Crippen molar-refractivity contribution in [2.75, 3.05) is 11.9 Å². The quantitative estimate of drug-likeness (QED) is 0.370. The number of nitrogens with one attached hydrogen (secondary N) is 1. The third-order valence-electron chi connectivity index (χ3n) is 2.98. The van der Waals surface area contributed by atoms with Crippen molar-refractivity contribution in [1.29, 1.82) is 0 Å². The van der Waals surface area contributed by atoms with Gasteiger partial charge < -0.3 is 5.32 Å². The first kappa shape index (κ1) is 16.9. The van der Waals surface area contributed by atoms with Crippen LogP contribution in [0.4, 0.5) is 11.4 Å². The van der Waals surface area contributed by atoms with Crippen LogP contribution in [-0.2, 0) is 9.05 Å². The molecular formula is C14H11ClN2O5S. The highest BCUT2D eigenvalue weighted by Gasteiger charge is 2.20. The van der Waals surface area contributed by atoms with Gasteiger partial charge in [-0.2, -0.15) is 0 Å². The number of carbonyl (C=O) groups excluding carboxylic acids is 1. The zero-order valence-electron chi connectivity index (χ0n) is 11.6. The molecule has 120 valence electrons. The van der Waals surface area contributed by atoms with Gasteiger partial charge in [0.05, 0.1) is 16.4 Å². The minimum absolute atomic E-state index is 0.0309. The van der Waals surface area contributed by atoms with Gasteiger partial charge in [-0.3, -0.25) is 14.9 Å². The van der Waals surface area contributed by atoms with Gasteiger partial charge in [0.15, 0.2) is 5.78 Å². The zero-order chi connectivity index (χ0) is 17.0. The maximum atomic E-state index is 12.0. The van der Waals surface area contributed by atoms with E-state index in [4.69, 9.17) is 10.7 Å². The van der Waals surface area contributed by atoms with Gasteiger partial charge in [-0.1, -0.05) is 30.3 Å². The molecule has 0 bridgehead atoms. The van der Waals surface area contributed by atoms with Crippen LogP contribution in [0.2, 0.25) is 0 Å². The minimum atomic E-state index is -4.08. The second-order valence-electron chi connectivity index (χ2n) is 4.52. The van der Waals surface area contributed by atoms with Gasteiger partial charge in [0.2, 0.25) is 0 Å². The molecule has 0 fully saturated rings. The maximum Gasteiger partial charge on any atom is 0.293 e. The number of hydrogen-bond donors (Lipinski definition) is 1. The Kier molecular flexibility index (Phi) is 4.97. The van der Waals surface area contributed by atoms with Gasteiger partial charge in [0, 0.05) is 22.3 Å². The maximum absolute atomic E-state index is 12.0. The van der Waals surface area contributed by atoms with E-state index in [1.807, 2.05) is 0 Å². The average Bonchev–Trinajstić information content (AvgIpc) is 2.52. The van der Waals surface area contributed by atoms with Gasteiger partial charge in [-0.15, -0.1) is 0 Å². The monoisotopic (exact) mass is 354 g/mol. The van der Waals surface area contributed by atoms with E-state index in [0.29, 0.717) is 5.56 Å². The molecule has 0 aromatic heterocycles. The lowest BCUT2D eigenvalue weighted by Crippen LogP contribution is -2.14. The Labute approximate surface area is 136 Å². The van der Waals surface area contributed by atoms with Crippen molar-refractivity contribution >= 4 is 36.9 Å². The van der Waals surface area contributed by atoms with Crippen molar-refractivity contribution in [1.82, 2.24) is 0 Å². The van der Waals surface area contributed by atoms with Crippen LogP contribution in [0.25, 0.3) is 0 Å². The number of nitro benzene ring substituents is 1. The van der Waals surface area contributed by atoms with Crippen molar-refractivity contribution in [3.8, 4) is 0 Å². The number of nitrogens with zero attached hydrogens (tertiary/aromatic N) is 1. The molecule has 1 N–H and O–H groups in total. The van der Waals surface area contributed by atoms with Crippen molar-refractivity contribution in [2.45, 2.75) is 4.90 Å². The Hall–Kier alpha value is -2.45. The Balaban J connectivity index is 2.23. The van der Waals surface area contributed by atoms with E-state index < -0.39 is 19.7 Å². The molecule has 0 saturated carbocycles. The molecule has 0 atom stereocenters. The van der Waals surface area contributed by atoms with Crippen LogP contribution in [0.15, 0.2) is 53.4 Å². The van der Waals surface area contributed by atoms with E-state index >= 15 is 0 Å². The number of hydrogen-bond acceptors (Lipinski definition) is 6. The first-order chi connectivity index (χ1) is 10.8. The highest BCUT2D eigenvalue weighted by Crippen LogP contribution is 2.28. The van der Waals surface area contributed by atoms with Crippen LogP contribution in [-0.4, -0.2) is 25.7 Å². The fourth-order valence-corrected chi connectivity index (χ4v) is 2.64. The lowest BCUT2D eigenvalue weighted by Gasteiger charge is -2.07. The van der Waals surface area contributed by atoms with Crippen LogP contribution in [0.5, 0.6) is 0 Å². The van der Waals surface area contributed by atoms with E-state index in [1.54, 1.807) is 30.3 Å². The second-order valence-corrected chi connectivity index (χ2v) is 7.08. The van der Waals surface area contributed by atoms with Gasteiger partial charge in [0.25, 0.3) is 14.7 Å². The fourth-order valence-electron chi connectivity index (χ4n) is 1.87. The third-order valence-corrected chi connectivity index (χ3v) is 4.33. The second kappa shape index (κ2) is 6.76. The molecule has 0 amide bonds. The summed E-state index contributed by atoms with van der Waals surface area (Å²) in [7, 11) is 1.09. The molecule has 0 spiro atoms. The minimum Gasteiger partial charge on any atom is -0.372 e. The number of rotatable bonds is 6. The molecule has 0 heterocycles. The Morgan fingerprint density at radius 3 is 2.39 bits per heavy atom. The summed E-state index contributed by atoms with van der Waals surface area (Å²) in [6, 6.07) is 11.6. The Morgan fingerprint density at radius 2 is 1.83 bits per heavy atom. The van der Waals surface area contributed by atoms with Crippen LogP contribution in [0.1, 0.15) is 10.4 Å². The normalized spacial score (nSPS) is 11.0. The highest BCUT2D eigenvalue weighted by molar-refractivity contribution is 8.13. The van der Waals surface area contributed by atoms with E-state index in [9.17, 15) is 23.3 Å². The number of halogens is 1. The summed E-state index contributed by atoms with van der Waals surface area (Å²) < 4.78 is 22.5. The van der Waals surface area contributed by atoms with E-state index in [-0.39, 0.29) is 22.9 Å². The summed E-state index contributed by atoms with van der Waals surface area (Å²) in [5.74, 6) is -0.256. The molecular weight excluding hydrogens is 344 g/mol. The lowest BCUT2D eigenvalue weighted by atomic mass is 10.1. The number of nitro groups is 1. The van der Waals surface area contributed by atoms with Gasteiger partial charge in [-0.05, 0) is 12.1 Å². The van der Waals surface area contributed by atoms with Gasteiger partial charge in [0.1, 0.15) is 5.69 Å². The van der Waals surface area contributed by atoms with Crippen LogP contribution in [0, 0.1) is 10.1 Å². The molecule has 2 aromatic rings. The summed E-state index contributed by atoms with van der Waals surface area (Å²) >= 11 is 0. The molecule has 0 aliphatic carbocycles. The smallest absolute Gasteiger partial charge is 0.293 e. The topological polar surface area (TPSA) is 106 Å². The first-order valence-corrected chi connectivity index (χ1v) is 8.65. The molecule has 0 aliphatic heterocycles. The summed E-state index contributed by atoms with van der Waals surface area (Å²) in [6.07, 6.45) is 0. The van der Waals surface area contributed by atoms with Gasteiger partial charge >= 0.3 is 0 Å². The predicted octanol–water partition coefficient (Wildman–Crippen LogP) is 2.82. The molecule has 7 nitrogen and oxygen atoms in total. The Morgan fingerprint density at radius 1 is 1.17 bits per heavy atom. The molecule has 2 rings (SSSR count). The number of anilines is 1. The standard InChI is InChI=1S/C14H11ClN2O5S/c15-23(21,22)11-6-7-12(13(8-11)17(19)20)16-9-14(18)10-4-2-1-3-5-10/h1-8,16H,9H2. The molecule has 2 aromatic carbocycles. The molecule has 23 heavy (non-hydrogen) atoms. The Bertz CT molecular complexity index is 853. The number of Topliss-reactive ketones (excluding diaryl/α,β-unsaturated/α-hetero) is 1. The number of benzene rings is 2. The van der Waals surface area contributed by atoms with E-state index in [1.165, 1.54) is 6.07 Å². The molecule has 9 heteroatoms. The summed E-state index contributed by atoms with van der Waals surface area (Å²) in [4.78, 5) is 21.9. The predicted molar refractivity (Wildman–Crippen MR) is 85.4 cm³/mol. The summed E-state index contributed by atoms with van der Waals surface area (Å²) in [5, 5.41) is 13.7. The first-order valence-electron chi connectivity index (χ1n) is 6.34. The van der Waals surface area contributed by atoms with Crippen molar-refractivity contribution in [3.05, 3.63) is 64.2 Å². The lowest BCUT2D eigenvalue weighted by molar-refractivity contribution is -0.384. The molecule has 0 saturated heterocycles. The summed E-state index contributed by atoms with van der Waals surface area (Å²) in [5.41, 5.74) is 0.0125. The molecule has 0 unspecified atom stereocenters. The van der Waals surface area contributed by atoms with Crippen molar-refractivity contribution < 1.29 is 18.1 Å². The van der Waals surface area contributed by atoms with Crippen molar-refractivity contribution in [3.63, 3.8) is 0 Å². The number of carbonyl (C=O) groups is 1. The zero-order valence-corrected chi connectivity index (χ0v) is 13.2. The molecule has 0 radical (unpaired) electrons. The summed E-state index contributed by atoms with van der Waals surface area (Å²) in [6.45, 7) is -0.169. The van der Waals surface area contributed by atoms with Crippen LogP contribution in [0.3, 0.4) is 0 Å². The van der Waals surface area contributed by atoms with Gasteiger partial charge in [-0.25, -0.2) is 8.42 Å². The largest absolute Gasteiger partial charge is 0.372 e. The fraction of sp³-hybridized carbons (Fsp3) is 0.0714. The third kappa shape index (κ3) is 4.27. The highest BCUT2D eigenvalue weighted by atomic mass is 35.7. The average molecular weight is 355 g/mol. The SMILES string of the molecule is O=C(CNc1ccc(S(=O)(=O)Cl)cc1[N+](=O)[O-])c1ccccc1. The number of ketones is 1. The molecule has 0 aliphatic rings. The van der Waals surface area contributed by atoms with Crippen molar-refractivity contribution in [2.24, 2.45) is 0 Å². The van der Waals surface area contributed by atoms with E-state index in [2.05, 4.69) is 5.32 Å².